The molecule has 0 bridgehead atoms. The zero-order chi connectivity index (χ0) is 13.1. The summed E-state index contributed by atoms with van der Waals surface area (Å²) < 4.78 is 5.40. The van der Waals surface area contributed by atoms with Gasteiger partial charge in [-0.3, -0.25) is 0 Å². The van der Waals surface area contributed by atoms with E-state index < -0.39 is 5.60 Å². The molecule has 0 aliphatic carbocycles. The third-order valence-electron chi connectivity index (χ3n) is 2.77. The van der Waals surface area contributed by atoms with Gasteiger partial charge < -0.3 is 9.64 Å². The van der Waals surface area contributed by atoms with Crippen molar-refractivity contribution in [3.8, 4) is 0 Å². The Labute approximate surface area is 112 Å². The number of rotatable bonds is 2. The van der Waals surface area contributed by atoms with Crippen LogP contribution in [0.15, 0.2) is 12.7 Å². The number of nitrogens with zero attached hydrogens (tertiary/aromatic N) is 1. The van der Waals surface area contributed by atoms with E-state index >= 15 is 0 Å². The van der Waals surface area contributed by atoms with Crippen LogP contribution >= 0.6 is 15.9 Å². The molecule has 1 aliphatic rings. The third-order valence-corrected chi connectivity index (χ3v) is 3.69. The lowest BCUT2D eigenvalue weighted by molar-refractivity contribution is 0.0140. The van der Waals surface area contributed by atoms with Crippen molar-refractivity contribution in [1.82, 2.24) is 4.90 Å². The summed E-state index contributed by atoms with van der Waals surface area (Å²) in [6.07, 6.45) is 2.82. The number of halogens is 1. The molecule has 0 saturated carbocycles. The van der Waals surface area contributed by atoms with Gasteiger partial charge in [-0.2, -0.15) is 0 Å². The molecule has 0 spiro atoms. The van der Waals surface area contributed by atoms with Crippen LogP contribution in [0.5, 0.6) is 0 Å². The van der Waals surface area contributed by atoms with Crippen molar-refractivity contribution >= 4 is 22.0 Å². The minimum absolute atomic E-state index is 0.213. The first-order chi connectivity index (χ1) is 7.85. The molecule has 1 saturated heterocycles. The number of piperidine rings is 1. The van der Waals surface area contributed by atoms with E-state index in [4.69, 9.17) is 4.74 Å². The highest BCUT2D eigenvalue weighted by atomic mass is 79.9. The predicted molar refractivity (Wildman–Crippen MR) is 73.4 cm³/mol. The average molecular weight is 304 g/mol. The van der Waals surface area contributed by atoms with Crippen LogP contribution < -0.4 is 0 Å². The molecule has 1 amide bonds. The molecule has 1 fully saturated rings. The van der Waals surface area contributed by atoms with Crippen LogP contribution in [0.2, 0.25) is 0 Å². The summed E-state index contributed by atoms with van der Waals surface area (Å²) in [5, 5.41) is 0.913. The Hall–Kier alpha value is -0.510. The van der Waals surface area contributed by atoms with Crippen LogP contribution in [-0.2, 0) is 4.74 Å². The normalized spacial score (nSPS) is 25.5. The largest absolute Gasteiger partial charge is 0.444 e. The second-order valence-corrected chi connectivity index (χ2v) is 6.28. The van der Waals surface area contributed by atoms with Crippen LogP contribution in [0.1, 0.15) is 27.2 Å². The van der Waals surface area contributed by atoms with Crippen molar-refractivity contribution in [2.75, 3.05) is 18.4 Å². The lowest BCUT2D eigenvalue weighted by Crippen LogP contribution is -2.46. The van der Waals surface area contributed by atoms with E-state index in [9.17, 15) is 4.79 Å². The SMILES string of the molecule is C=CC1CC(CBr)CN(C(=O)OC(C)(C)C)C1. The molecule has 1 heterocycles. The second kappa shape index (κ2) is 5.89. The maximum atomic E-state index is 12.0. The maximum Gasteiger partial charge on any atom is 0.410 e. The third kappa shape index (κ3) is 4.70. The fourth-order valence-corrected chi connectivity index (χ4v) is 2.47. The summed E-state index contributed by atoms with van der Waals surface area (Å²) in [4.78, 5) is 13.8. The van der Waals surface area contributed by atoms with E-state index in [2.05, 4.69) is 22.5 Å². The Balaban J connectivity index is 2.62. The monoisotopic (exact) mass is 303 g/mol. The van der Waals surface area contributed by atoms with Gasteiger partial charge in [0.1, 0.15) is 5.60 Å². The Morgan fingerprint density at radius 2 is 2.18 bits per heavy atom. The number of carbonyl (C=O) groups excluding carboxylic acids is 1. The van der Waals surface area contributed by atoms with Crippen molar-refractivity contribution in [3.05, 3.63) is 12.7 Å². The highest BCUT2D eigenvalue weighted by Crippen LogP contribution is 2.25. The zero-order valence-electron chi connectivity index (χ0n) is 10.9. The topological polar surface area (TPSA) is 29.5 Å². The Bertz CT molecular complexity index is 286. The smallest absolute Gasteiger partial charge is 0.410 e. The molecule has 98 valence electrons. The van der Waals surface area contributed by atoms with Crippen molar-refractivity contribution in [3.63, 3.8) is 0 Å². The van der Waals surface area contributed by atoms with Crippen molar-refractivity contribution in [2.45, 2.75) is 32.8 Å². The molecule has 4 heteroatoms. The molecule has 0 radical (unpaired) electrons. The maximum absolute atomic E-state index is 12.0. The first-order valence-corrected chi connectivity index (χ1v) is 7.14. The minimum Gasteiger partial charge on any atom is -0.444 e. The number of carbonyl (C=O) groups is 1. The van der Waals surface area contributed by atoms with E-state index in [0.29, 0.717) is 11.8 Å². The zero-order valence-corrected chi connectivity index (χ0v) is 12.5. The number of likely N-dealkylation sites (tertiary alicyclic amines) is 1. The summed E-state index contributed by atoms with van der Waals surface area (Å²) >= 11 is 3.49. The highest BCUT2D eigenvalue weighted by molar-refractivity contribution is 9.09. The van der Waals surface area contributed by atoms with Crippen molar-refractivity contribution in [1.29, 1.82) is 0 Å². The lowest BCUT2D eigenvalue weighted by Gasteiger charge is -2.36. The van der Waals surface area contributed by atoms with Gasteiger partial charge in [0.05, 0.1) is 0 Å². The first kappa shape index (κ1) is 14.6. The van der Waals surface area contributed by atoms with Crippen LogP contribution in [0.3, 0.4) is 0 Å². The summed E-state index contributed by atoms with van der Waals surface area (Å²) in [6, 6.07) is 0. The summed E-state index contributed by atoms with van der Waals surface area (Å²) in [5.74, 6) is 0.859. The van der Waals surface area contributed by atoms with E-state index in [-0.39, 0.29) is 6.09 Å². The Morgan fingerprint density at radius 3 is 2.65 bits per heavy atom. The van der Waals surface area contributed by atoms with Crippen LogP contribution in [0, 0.1) is 11.8 Å². The number of ether oxygens (including phenoxy) is 1. The standard InChI is InChI=1S/C13H22BrNO2/c1-5-10-6-11(7-14)9-15(8-10)12(16)17-13(2,3)4/h5,10-11H,1,6-9H2,2-4H3. The molecule has 2 atom stereocenters. The van der Waals surface area contributed by atoms with Gasteiger partial charge in [-0.05, 0) is 39.0 Å². The van der Waals surface area contributed by atoms with Gasteiger partial charge in [0.2, 0.25) is 0 Å². The van der Waals surface area contributed by atoms with Gasteiger partial charge in [-0.15, -0.1) is 6.58 Å². The fourth-order valence-electron chi connectivity index (χ4n) is 2.00. The molecular formula is C13H22BrNO2. The summed E-state index contributed by atoms with van der Waals surface area (Å²) in [7, 11) is 0. The lowest BCUT2D eigenvalue weighted by atomic mass is 9.91. The molecule has 0 aromatic rings. The van der Waals surface area contributed by atoms with Gasteiger partial charge in [0.15, 0.2) is 0 Å². The quantitative estimate of drug-likeness (QED) is 0.578. The van der Waals surface area contributed by atoms with Gasteiger partial charge in [0.25, 0.3) is 0 Å². The Kier molecular flexibility index (Phi) is 5.04. The molecule has 0 aromatic carbocycles. The first-order valence-electron chi connectivity index (χ1n) is 6.02. The Morgan fingerprint density at radius 1 is 1.53 bits per heavy atom. The predicted octanol–water partition coefficient (Wildman–Crippen LogP) is 3.44. The number of alkyl halides is 1. The van der Waals surface area contributed by atoms with Gasteiger partial charge in [-0.25, -0.2) is 4.79 Å². The van der Waals surface area contributed by atoms with Crippen LogP contribution in [0.4, 0.5) is 4.79 Å². The minimum atomic E-state index is -0.428. The van der Waals surface area contributed by atoms with Crippen molar-refractivity contribution in [2.24, 2.45) is 11.8 Å². The molecule has 3 nitrogen and oxygen atoms in total. The number of amides is 1. The average Bonchev–Trinajstić information content (AvgIpc) is 2.26. The number of hydrogen-bond acceptors (Lipinski definition) is 2. The van der Waals surface area contributed by atoms with Crippen molar-refractivity contribution < 1.29 is 9.53 Å². The van der Waals surface area contributed by atoms with E-state index in [1.165, 1.54) is 0 Å². The molecule has 0 N–H and O–H groups in total. The van der Waals surface area contributed by atoms with Crippen LogP contribution in [-0.4, -0.2) is 35.0 Å². The van der Waals surface area contributed by atoms with Gasteiger partial charge in [-0.1, -0.05) is 22.0 Å². The fraction of sp³-hybridized carbons (Fsp3) is 0.769. The second-order valence-electron chi connectivity index (χ2n) is 5.64. The molecular weight excluding hydrogens is 282 g/mol. The van der Waals surface area contributed by atoms with Crippen LogP contribution in [0.25, 0.3) is 0 Å². The summed E-state index contributed by atoms with van der Waals surface area (Å²) in [6.45, 7) is 11.0. The number of hydrogen-bond donors (Lipinski definition) is 0. The van der Waals surface area contributed by atoms with Gasteiger partial charge in [0, 0.05) is 18.4 Å². The molecule has 1 rings (SSSR count). The van der Waals surface area contributed by atoms with E-state index in [1.807, 2.05) is 26.8 Å². The molecule has 2 unspecified atom stereocenters. The summed E-state index contributed by atoms with van der Waals surface area (Å²) in [5.41, 5.74) is -0.428. The van der Waals surface area contributed by atoms with E-state index in [0.717, 1.165) is 24.8 Å². The molecule has 1 aliphatic heterocycles. The molecule has 17 heavy (non-hydrogen) atoms. The highest BCUT2D eigenvalue weighted by Gasteiger charge is 2.30. The molecule has 0 aromatic heterocycles. The van der Waals surface area contributed by atoms with Gasteiger partial charge >= 0.3 is 6.09 Å². The van der Waals surface area contributed by atoms with E-state index in [1.54, 1.807) is 4.90 Å².